The lowest BCUT2D eigenvalue weighted by atomic mass is 9.98. The summed E-state index contributed by atoms with van der Waals surface area (Å²) in [5, 5.41) is 4.86. The first-order valence-electron chi connectivity index (χ1n) is 8.35. The van der Waals surface area contributed by atoms with Crippen LogP contribution in [-0.2, 0) is 22.4 Å². The molecule has 3 rings (SSSR count). The predicted molar refractivity (Wildman–Crippen MR) is 95.9 cm³/mol. The lowest BCUT2D eigenvalue weighted by Crippen LogP contribution is -2.45. The van der Waals surface area contributed by atoms with E-state index in [4.69, 9.17) is 0 Å². The maximum Gasteiger partial charge on any atom is 0.242 e. The number of carbonyl (C=O) groups is 2. The first-order chi connectivity index (χ1) is 11.7. The van der Waals surface area contributed by atoms with E-state index in [1.54, 1.807) is 11.3 Å². The summed E-state index contributed by atoms with van der Waals surface area (Å²) in [7, 11) is 0. The van der Waals surface area contributed by atoms with E-state index in [9.17, 15) is 9.59 Å². The quantitative estimate of drug-likeness (QED) is 0.908. The van der Waals surface area contributed by atoms with E-state index in [1.807, 2.05) is 35.2 Å². The van der Waals surface area contributed by atoms with E-state index in [0.29, 0.717) is 6.42 Å². The van der Waals surface area contributed by atoms with E-state index < -0.39 is 0 Å². The maximum absolute atomic E-state index is 12.6. The smallest absolute Gasteiger partial charge is 0.242 e. The minimum absolute atomic E-state index is 0.000103. The molecule has 0 fully saturated rings. The molecule has 0 saturated heterocycles. The second kappa shape index (κ2) is 7.62. The number of benzene rings is 1. The van der Waals surface area contributed by atoms with Crippen LogP contribution in [0.2, 0.25) is 0 Å². The fraction of sp³-hybridized carbons (Fsp3) is 0.368. The lowest BCUT2D eigenvalue weighted by molar-refractivity contribution is -0.135. The van der Waals surface area contributed by atoms with Gasteiger partial charge in [0.2, 0.25) is 11.8 Å². The number of hydrogen-bond donors (Lipinski definition) is 1. The van der Waals surface area contributed by atoms with Gasteiger partial charge in [0, 0.05) is 11.4 Å². The summed E-state index contributed by atoms with van der Waals surface area (Å²) in [6, 6.07) is 11.8. The third-order valence-electron chi connectivity index (χ3n) is 4.45. The monoisotopic (exact) mass is 342 g/mol. The van der Waals surface area contributed by atoms with Crippen LogP contribution in [0.3, 0.4) is 0 Å². The van der Waals surface area contributed by atoms with Crippen LogP contribution in [0.15, 0.2) is 41.8 Å². The van der Waals surface area contributed by atoms with Gasteiger partial charge in [-0.05, 0) is 35.4 Å². The largest absolute Gasteiger partial charge is 0.347 e. The van der Waals surface area contributed by atoms with Crippen LogP contribution >= 0.6 is 11.3 Å². The lowest BCUT2D eigenvalue weighted by Gasteiger charge is -2.35. The first-order valence-corrected chi connectivity index (χ1v) is 9.23. The Morgan fingerprint density at radius 3 is 2.79 bits per heavy atom. The summed E-state index contributed by atoms with van der Waals surface area (Å²) in [4.78, 5) is 27.9. The standard InChI is InChI=1S/C19H22N2O2S/c1-2-16-15-9-11-24-17(15)8-10-21(16)19(23)13-20-18(22)12-14-6-4-3-5-7-14/h3-7,9,11,16H,2,8,10,12-13H2,1H3,(H,20,22). The van der Waals surface area contributed by atoms with Gasteiger partial charge in [-0.25, -0.2) is 0 Å². The Morgan fingerprint density at radius 1 is 1.25 bits per heavy atom. The van der Waals surface area contributed by atoms with Crippen molar-refractivity contribution in [1.29, 1.82) is 0 Å². The Morgan fingerprint density at radius 2 is 2.04 bits per heavy atom. The molecular weight excluding hydrogens is 320 g/mol. The molecule has 5 heteroatoms. The van der Waals surface area contributed by atoms with E-state index in [0.717, 1.165) is 24.9 Å². The van der Waals surface area contributed by atoms with Crippen molar-refractivity contribution < 1.29 is 9.59 Å². The van der Waals surface area contributed by atoms with Crippen LogP contribution < -0.4 is 5.32 Å². The number of hydrogen-bond acceptors (Lipinski definition) is 3. The van der Waals surface area contributed by atoms with E-state index in [2.05, 4.69) is 23.7 Å². The number of carbonyl (C=O) groups excluding carboxylic acids is 2. The summed E-state index contributed by atoms with van der Waals surface area (Å²) in [5.41, 5.74) is 2.23. The third-order valence-corrected chi connectivity index (χ3v) is 5.44. The highest BCUT2D eigenvalue weighted by molar-refractivity contribution is 7.10. The van der Waals surface area contributed by atoms with Crippen LogP contribution in [0, 0.1) is 0 Å². The molecule has 1 N–H and O–H groups in total. The third kappa shape index (κ3) is 3.67. The molecule has 1 aliphatic rings. The first kappa shape index (κ1) is 16.7. The number of nitrogens with zero attached hydrogens (tertiary/aromatic N) is 1. The molecule has 0 saturated carbocycles. The van der Waals surface area contributed by atoms with Crippen LogP contribution in [0.4, 0.5) is 0 Å². The molecule has 24 heavy (non-hydrogen) atoms. The van der Waals surface area contributed by atoms with Gasteiger partial charge in [0.25, 0.3) is 0 Å². The normalized spacial score (nSPS) is 16.5. The number of amides is 2. The minimum atomic E-state index is -0.115. The molecule has 126 valence electrons. The molecule has 2 heterocycles. The number of thiophene rings is 1. The van der Waals surface area contributed by atoms with E-state index >= 15 is 0 Å². The molecule has 0 bridgehead atoms. The molecule has 1 aromatic carbocycles. The Kier molecular flexibility index (Phi) is 5.30. The Labute approximate surface area is 146 Å². The topological polar surface area (TPSA) is 49.4 Å². The maximum atomic E-state index is 12.6. The van der Waals surface area contributed by atoms with Crippen molar-refractivity contribution in [3.05, 3.63) is 57.8 Å². The van der Waals surface area contributed by atoms with Crippen LogP contribution in [0.5, 0.6) is 0 Å². The second-order valence-electron chi connectivity index (χ2n) is 6.00. The summed E-state index contributed by atoms with van der Waals surface area (Å²) in [5.74, 6) is -0.115. The molecule has 4 nitrogen and oxygen atoms in total. The molecule has 2 amide bonds. The summed E-state index contributed by atoms with van der Waals surface area (Å²) < 4.78 is 0. The molecule has 0 radical (unpaired) electrons. The number of nitrogens with one attached hydrogen (secondary N) is 1. The van der Waals surface area contributed by atoms with Crippen molar-refractivity contribution in [1.82, 2.24) is 10.2 Å². The Balaban J connectivity index is 1.56. The van der Waals surface area contributed by atoms with Crippen molar-refractivity contribution in [3.63, 3.8) is 0 Å². The van der Waals surface area contributed by atoms with Gasteiger partial charge in [0.05, 0.1) is 19.0 Å². The number of rotatable bonds is 5. The highest BCUT2D eigenvalue weighted by Gasteiger charge is 2.30. The van der Waals surface area contributed by atoms with E-state index in [1.165, 1.54) is 10.4 Å². The van der Waals surface area contributed by atoms with Gasteiger partial charge < -0.3 is 10.2 Å². The molecule has 0 aliphatic carbocycles. The average Bonchev–Trinajstić information content (AvgIpc) is 3.08. The van der Waals surface area contributed by atoms with Gasteiger partial charge in [0.1, 0.15) is 0 Å². The molecule has 1 atom stereocenters. The zero-order valence-electron chi connectivity index (χ0n) is 13.8. The van der Waals surface area contributed by atoms with Crippen molar-refractivity contribution in [3.8, 4) is 0 Å². The van der Waals surface area contributed by atoms with Gasteiger partial charge in [-0.1, -0.05) is 37.3 Å². The molecule has 1 aromatic heterocycles. The van der Waals surface area contributed by atoms with Crippen LogP contribution in [0.25, 0.3) is 0 Å². The van der Waals surface area contributed by atoms with Gasteiger partial charge >= 0.3 is 0 Å². The molecular formula is C19H22N2O2S. The fourth-order valence-corrected chi connectivity index (χ4v) is 4.18. The highest BCUT2D eigenvalue weighted by Crippen LogP contribution is 2.35. The molecule has 1 unspecified atom stereocenters. The summed E-state index contributed by atoms with van der Waals surface area (Å²) in [6.07, 6.45) is 2.11. The Bertz CT molecular complexity index is 711. The zero-order chi connectivity index (χ0) is 16.9. The van der Waals surface area contributed by atoms with Gasteiger partial charge in [-0.2, -0.15) is 0 Å². The number of fused-ring (bicyclic) bond motifs is 1. The van der Waals surface area contributed by atoms with Crippen LogP contribution in [0.1, 0.15) is 35.4 Å². The Hall–Kier alpha value is -2.14. The zero-order valence-corrected chi connectivity index (χ0v) is 14.6. The predicted octanol–water partition coefficient (Wildman–Crippen LogP) is 2.94. The summed E-state index contributed by atoms with van der Waals surface area (Å²) in [6.45, 7) is 2.91. The minimum Gasteiger partial charge on any atom is -0.347 e. The van der Waals surface area contributed by atoms with Gasteiger partial charge in [-0.3, -0.25) is 9.59 Å². The summed E-state index contributed by atoms with van der Waals surface area (Å²) >= 11 is 1.77. The second-order valence-corrected chi connectivity index (χ2v) is 7.00. The van der Waals surface area contributed by atoms with Crippen molar-refractivity contribution in [2.75, 3.05) is 13.1 Å². The van der Waals surface area contributed by atoms with Crippen molar-refractivity contribution >= 4 is 23.2 Å². The molecule has 2 aromatic rings. The van der Waals surface area contributed by atoms with Gasteiger partial charge in [0.15, 0.2) is 0 Å². The fourth-order valence-electron chi connectivity index (χ4n) is 3.25. The highest BCUT2D eigenvalue weighted by atomic mass is 32.1. The van der Waals surface area contributed by atoms with E-state index in [-0.39, 0.29) is 24.4 Å². The van der Waals surface area contributed by atoms with Crippen molar-refractivity contribution in [2.24, 2.45) is 0 Å². The SMILES string of the molecule is CCC1c2ccsc2CCN1C(=O)CNC(=O)Cc1ccccc1. The molecule has 0 spiro atoms. The van der Waals surface area contributed by atoms with Crippen LogP contribution in [-0.4, -0.2) is 29.8 Å². The molecule has 1 aliphatic heterocycles. The van der Waals surface area contributed by atoms with Crippen molar-refractivity contribution in [2.45, 2.75) is 32.2 Å². The van der Waals surface area contributed by atoms with Gasteiger partial charge in [-0.15, -0.1) is 11.3 Å². The average molecular weight is 342 g/mol.